The molecule has 0 aliphatic heterocycles. The third kappa shape index (κ3) is 7.48. The van der Waals surface area contributed by atoms with Gasteiger partial charge >= 0.3 is 0 Å². The molecule has 9 aromatic carbocycles. The zero-order valence-corrected chi connectivity index (χ0v) is 42.6. The van der Waals surface area contributed by atoms with E-state index in [0.29, 0.717) is 29.3 Å². The maximum atomic E-state index is 6.32. The van der Waals surface area contributed by atoms with Crippen LogP contribution < -0.4 is 0 Å². The minimum absolute atomic E-state index is 0.0828. The van der Waals surface area contributed by atoms with Crippen LogP contribution >= 0.6 is 0 Å². The number of aromatic nitrogens is 4. The van der Waals surface area contributed by atoms with Gasteiger partial charge in [-0.05, 0) is 129 Å². The number of fused-ring (bicyclic) bond motifs is 11. The highest BCUT2D eigenvalue weighted by Crippen LogP contribution is 2.57. The molecule has 1 fully saturated rings. The molecule has 0 spiro atoms. The normalized spacial score (nSPS) is 15.5. The lowest BCUT2D eigenvalue weighted by Crippen LogP contribution is -2.14. The van der Waals surface area contributed by atoms with Crippen molar-refractivity contribution in [1.29, 1.82) is 0 Å². The van der Waals surface area contributed by atoms with Gasteiger partial charge in [-0.15, -0.1) is 0 Å². The van der Waals surface area contributed by atoms with Gasteiger partial charge in [-0.1, -0.05) is 186 Å². The zero-order valence-electron chi connectivity index (χ0n) is 42.6. The van der Waals surface area contributed by atoms with Crippen LogP contribution in [0.4, 0.5) is 0 Å². The first-order valence-corrected chi connectivity index (χ1v) is 26.5. The number of allylic oxidation sites excluding steroid dienone is 1. The maximum Gasteiger partial charge on any atom is 0.164 e. The number of nitrogens with zero attached hydrogens (tertiary/aromatic N) is 4. The average Bonchev–Trinajstić information content (AvgIpc) is 3.99. The lowest BCUT2D eigenvalue weighted by molar-refractivity contribution is 0.660. The Balaban J connectivity index is 0.00000168. The van der Waals surface area contributed by atoms with E-state index in [1.807, 2.05) is 42.5 Å². The lowest BCUT2D eigenvalue weighted by atomic mass is 9.81. The summed E-state index contributed by atoms with van der Waals surface area (Å²) in [7, 11) is 0. The van der Waals surface area contributed by atoms with E-state index in [1.54, 1.807) is 0 Å². The monoisotopic (exact) mass is 966 g/mol. The largest absolute Gasteiger partial charge is 0.456 e. The number of para-hydroxylation sites is 1. The number of hydrogen-bond acceptors (Lipinski definition) is 4. The van der Waals surface area contributed by atoms with Crippen molar-refractivity contribution in [2.45, 2.75) is 51.9 Å². The van der Waals surface area contributed by atoms with Gasteiger partial charge in [0, 0.05) is 66.7 Å². The minimum atomic E-state index is -0.0828. The second-order valence-electron chi connectivity index (χ2n) is 21.0. The Hall–Kier alpha value is -8.93. The number of rotatable bonds is 7. The van der Waals surface area contributed by atoms with Crippen LogP contribution in [0.5, 0.6) is 0 Å². The third-order valence-electron chi connectivity index (χ3n) is 15.7. The van der Waals surface area contributed by atoms with Gasteiger partial charge in [-0.2, -0.15) is 0 Å². The van der Waals surface area contributed by atoms with Crippen molar-refractivity contribution in [3.05, 3.63) is 235 Å². The summed E-state index contributed by atoms with van der Waals surface area (Å²) in [5, 5.41) is 3.43. The highest BCUT2D eigenvalue weighted by Gasteiger charge is 2.43. The topological polar surface area (TPSA) is 56.7 Å². The Bertz CT molecular complexity index is 4240. The van der Waals surface area contributed by atoms with Crippen molar-refractivity contribution < 1.29 is 4.42 Å². The Morgan fingerprint density at radius 2 is 1.07 bits per heavy atom. The Kier molecular flexibility index (Phi) is 10.5. The van der Waals surface area contributed by atoms with E-state index in [4.69, 9.17) is 19.4 Å². The van der Waals surface area contributed by atoms with Crippen LogP contribution in [0.25, 0.3) is 123 Å². The number of furan rings is 1. The van der Waals surface area contributed by atoms with Crippen molar-refractivity contribution in [3.63, 3.8) is 0 Å². The summed E-state index contributed by atoms with van der Waals surface area (Å²) in [5.74, 6) is 2.84. The zero-order chi connectivity index (χ0) is 50.4. The fourth-order valence-corrected chi connectivity index (χ4v) is 12.0. The van der Waals surface area contributed by atoms with E-state index >= 15 is 0 Å². The van der Waals surface area contributed by atoms with Gasteiger partial charge < -0.3 is 8.98 Å². The van der Waals surface area contributed by atoms with Crippen molar-refractivity contribution in [1.82, 2.24) is 19.5 Å². The summed E-state index contributed by atoms with van der Waals surface area (Å²) in [4.78, 5) is 15.4. The van der Waals surface area contributed by atoms with E-state index in [9.17, 15) is 0 Å². The first-order valence-electron chi connectivity index (χ1n) is 26.5. The van der Waals surface area contributed by atoms with Gasteiger partial charge in [0.2, 0.25) is 0 Å². The SMILES string of the molecule is CC1(C)c2ccccc2-c2ccc(-c3cccc(-c4cc(-c5ccccc5)cc5c6c(n(-c7ccc(-c8nc(-c9ccccc9)nc(-c9ccc%10c(c9)oc9ccccc9%10)n8)cc7)c45)C4CC4C=C6)c3)cc21.CCC. The minimum Gasteiger partial charge on any atom is -0.456 e. The smallest absolute Gasteiger partial charge is 0.164 e. The van der Waals surface area contributed by atoms with Gasteiger partial charge in [0.25, 0.3) is 0 Å². The lowest BCUT2D eigenvalue weighted by Gasteiger charge is -2.22. The Morgan fingerprint density at radius 1 is 0.467 bits per heavy atom. The highest BCUT2D eigenvalue weighted by molar-refractivity contribution is 6.07. The molecular formula is C70H54N4O. The first-order chi connectivity index (χ1) is 36.8. The van der Waals surface area contributed by atoms with Crippen LogP contribution in [-0.2, 0) is 5.41 Å². The molecule has 3 heterocycles. The molecular weight excluding hydrogens is 913 g/mol. The quantitative estimate of drug-likeness (QED) is 0.160. The molecule has 1 saturated carbocycles. The second-order valence-corrected chi connectivity index (χ2v) is 21.0. The maximum absolute atomic E-state index is 6.32. The molecule has 5 nitrogen and oxygen atoms in total. The number of benzene rings is 9. The first kappa shape index (κ1) is 44.7. The van der Waals surface area contributed by atoms with Gasteiger partial charge in [0.15, 0.2) is 17.5 Å². The van der Waals surface area contributed by atoms with Crippen molar-refractivity contribution in [2.24, 2.45) is 5.92 Å². The van der Waals surface area contributed by atoms with Gasteiger partial charge in [-0.25, -0.2) is 15.0 Å². The standard InChI is InChI=1S/C67H46N4O.C3H8/c1-67(2)58-22-11-9-20-50(58)51-31-26-44(38-59(51)67)43-18-13-19-45(34-43)56-36-48(40-14-5-3-6-15-40)37-57-54-33-27-46-35-55(46)62(54)71(63(56)57)49-29-24-42(25-30-49)65-68-64(41-16-7-4-8-17-41)69-66(70-65)47-28-32-53-52-21-10-12-23-60(52)72-61(53)39-47;1-3-2/h3-34,36-39,46,55H,35H2,1-2H3;3H2,1-2H3. The van der Waals surface area contributed by atoms with Crippen LogP contribution in [0.2, 0.25) is 0 Å². The molecule has 0 radical (unpaired) electrons. The fraction of sp³-hybridized carbons (Fsp3) is 0.129. The van der Waals surface area contributed by atoms with Crippen LogP contribution in [0.3, 0.4) is 0 Å². The van der Waals surface area contributed by atoms with Crippen LogP contribution in [0, 0.1) is 5.92 Å². The summed E-state index contributed by atoms with van der Waals surface area (Å²) in [6.07, 6.45) is 7.25. The summed E-state index contributed by atoms with van der Waals surface area (Å²) in [6.45, 7) is 8.97. The molecule has 75 heavy (non-hydrogen) atoms. The molecule has 5 heteroatoms. The molecule has 2 atom stereocenters. The van der Waals surface area contributed by atoms with Crippen molar-refractivity contribution >= 4 is 38.9 Å². The molecule has 0 bridgehead atoms. The molecule has 12 aromatic rings. The van der Waals surface area contributed by atoms with E-state index in [0.717, 1.165) is 50.7 Å². The van der Waals surface area contributed by atoms with Crippen LogP contribution in [0.1, 0.15) is 68.8 Å². The van der Waals surface area contributed by atoms with Gasteiger partial charge in [0.1, 0.15) is 11.2 Å². The molecule has 0 N–H and O–H groups in total. The van der Waals surface area contributed by atoms with E-state index in [2.05, 4.69) is 208 Å². The van der Waals surface area contributed by atoms with E-state index < -0.39 is 0 Å². The molecule has 0 amide bonds. The summed E-state index contributed by atoms with van der Waals surface area (Å²) in [6, 6.07) is 74.3. The molecule has 0 saturated heterocycles. The predicted molar refractivity (Wildman–Crippen MR) is 310 cm³/mol. The summed E-state index contributed by atoms with van der Waals surface area (Å²) >= 11 is 0. The predicted octanol–water partition coefficient (Wildman–Crippen LogP) is 18.6. The average molecular weight is 967 g/mol. The van der Waals surface area contributed by atoms with Gasteiger partial charge in [-0.3, -0.25) is 0 Å². The van der Waals surface area contributed by atoms with Crippen molar-refractivity contribution in [3.8, 4) is 84.4 Å². The molecule has 3 aliphatic rings. The molecule has 3 aromatic heterocycles. The third-order valence-corrected chi connectivity index (χ3v) is 15.7. The summed E-state index contributed by atoms with van der Waals surface area (Å²) < 4.78 is 8.89. The molecule has 15 rings (SSSR count). The number of hydrogen-bond donors (Lipinski definition) is 0. The van der Waals surface area contributed by atoms with Crippen molar-refractivity contribution in [2.75, 3.05) is 0 Å². The Morgan fingerprint density at radius 3 is 1.85 bits per heavy atom. The fourth-order valence-electron chi connectivity index (χ4n) is 12.0. The molecule has 2 unspecified atom stereocenters. The van der Waals surface area contributed by atoms with E-state index in [-0.39, 0.29) is 5.41 Å². The molecule has 3 aliphatic carbocycles. The second kappa shape index (κ2) is 17.6. The van der Waals surface area contributed by atoms with Crippen LogP contribution in [0.15, 0.2) is 217 Å². The van der Waals surface area contributed by atoms with Gasteiger partial charge in [0.05, 0.1) is 5.52 Å². The Labute approximate surface area is 437 Å². The van der Waals surface area contributed by atoms with E-state index in [1.165, 1.54) is 84.2 Å². The molecule has 360 valence electrons. The van der Waals surface area contributed by atoms with Crippen LogP contribution in [-0.4, -0.2) is 19.5 Å². The summed E-state index contributed by atoms with van der Waals surface area (Å²) in [5.41, 5.74) is 22.0. The highest BCUT2D eigenvalue weighted by atomic mass is 16.3.